The van der Waals surface area contributed by atoms with Crippen molar-refractivity contribution >= 4 is 15.7 Å². The topological polar surface area (TPSA) is 192 Å². The van der Waals surface area contributed by atoms with Crippen LogP contribution >= 0.6 is 0 Å². The average Bonchev–Trinajstić information content (AvgIpc) is 2.75. The van der Waals surface area contributed by atoms with Gasteiger partial charge in [0.1, 0.15) is 30.2 Å². The highest BCUT2D eigenvalue weighted by Gasteiger charge is 2.44. The fourth-order valence-corrected chi connectivity index (χ4v) is 4.40. The van der Waals surface area contributed by atoms with Gasteiger partial charge >= 0.3 is 0 Å². The molecule has 0 spiro atoms. The Labute approximate surface area is 172 Å². The third kappa shape index (κ3) is 5.44. The molecule has 1 amide bonds. The van der Waals surface area contributed by atoms with E-state index in [2.05, 4.69) is 0 Å². The van der Waals surface area contributed by atoms with Gasteiger partial charge in [0.2, 0.25) is 5.91 Å². The zero-order chi connectivity index (χ0) is 22.5. The number of methoxy groups -OCH3 is 1. The van der Waals surface area contributed by atoms with Crippen LogP contribution in [0.2, 0.25) is 0 Å². The molecule has 1 aliphatic rings. The van der Waals surface area contributed by atoms with Crippen LogP contribution in [0.15, 0.2) is 29.2 Å². The lowest BCUT2D eigenvalue weighted by atomic mass is 9.99. The highest BCUT2D eigenvalue weighted by atomic mass is 32.2. The number of rotatable bonds is 9. The lowest BCUT2D eigenvalue weighted by Gasteiger charge is -2.39. The Morgan fingerprint density at radius 1 is 1.17 bits per heavy atom. The Kier molecular flexibility index (Phi) is 8.52. The van der Waals surface area contributed by atoms with Gasteiger partial charge in [-0.2, -0.15) is 0 Å². The second kappa shape index (κ2) is 10.5. The summed E-state index contributed by atoms with van der Waals surface area (Å²) >= 11 is 0. The van der Waals surface area contributed by atoms with Crippen molar-refractivity contribution in [3.05, 3.63) is 24.3 Å². The van der Waals surface area contributed by atoms with Crippen LogP contribution in [-0.4, -0.2) is 96.2 Å². The molecule has 0 saturated carbocycles. The van der Waals surface area contributed by atoms with Gasteiger partial charge < -0.3 is 34.6 Å². The third-order valence-electron chi connectivity index (χ3n) is 4.66. The van der Waals surface area contributed by atoms with Crippen molar-refractivity contribution in [1.29, 1.82) is 0 Å². The number of aliphatic hydroxyl groups excluding tert-OH is 4. The monoisotopic (exact) mass is 451 g/mol. The van der Waals surface area contributed by atoms with Crippen LogP contribution in [0.4, 0.5) is 0 Å². The van der Waals surface area contributed by atoms with Crippen molar-refractivity contribution in [2.45, 2.75) is 47.3 Å². The number of nitrogens with one attached hydrogen (secondary N) is 1. The van der Waals surface area contributed by atoms with E-state index in [-0.39, 0.29) is 4.90 Å². The van der Waals surface area contributed by atoms with Crippen LogP contribution in [0.25, 0.3) is 0 Å². The molecule has 170 valence electrons. The Hall–Kier alpha value is -1.84. The van der Waals surface area contributed by atoms with Crippen molar-refractivity contribution in [3.63, 3.8) is 0 Å². The van der Waals surface area contributed by atoms with Crippen molar-refractivity contribution in [2.24, 2.45) is 0 Å². The van der Waals surface area contributed by atoms with Gasteiger partial charge in [0.25, 0.3) is 0 Å². The maximum absolute atomic E-state index is 13.0. The summed E-state index contributed by atoms with van der Waals surface area (Å²) in [5, 5.41) is 46.1. The van der Waals surface area contributed by atoms with Gasteiger partial charge in [-0.25, -0.2) is 13.9 Å². The molecule has 13 heteroatoms. The first-order valence-electron chi connectivity index (χ1n) is 8.88. The van der Waals surface area contributed by atoms with Gasteiger partial charge in [0.15, 0.2) is 16.1 Å². The van der Waals surface area contributed by atoms with Crippen LogP contribution in [0.5, 0.6) is 5.75 Å². The standard InChI is InChI=1S/C17H25NO11S/c1-27-9-2-4-10(5-3-9)30(25,26)11(6-13(20)18-24)8-28-17-16(23)15(22)14(21)12(7-19)29-17/h2-5,11-12,14-17,19,21-24H,6-8H2,1H3,(H,18,20). The van der Waals surface area contributed by atoms with E-state index in [1.54, 1.807) is 0 Å². The molecule has 30 heavy (non-hydrogen) atoms. The van der Waals surface area contributed by atoms with Crippen molar-refractivity contribution in [2.75, 3.05) is 20.3 Å². The first-order chi connectivity index (χ1) is 14.1. The number of carbonyl (C=O) groups excluding carboxylic acids is 1. The van der Waals surface area contributed by atoms with Crippen molar-refractivity contribution < 1.29 is 53.1 Å². The number of benzene rings is 1. The van der Waals surface area contributed by atoms with E-state index in [0.29, 0.717) is 5.75 Å². The molecule has 1 saturated heterocycles. The van der Waals surface area contributed by atoms with Crippen LogP contribution in [-0.2, 0) is 24.1 Å². The zero-order valence-electron chi connectivity index (χ0n) is 16.0. The normalized spacial score (nSPS) is 28.0. The van der Waals surface area contributed by atoms with E-state index < -0.39 is 71.3 Å². The zero-order valence-corrected chi connectivity index (χ0v) is 16.8. The number of sulfone groups is 1. The van der Waals surface area contributed by atoms with Gasteiger partial charge in [-0.05, 0) is 24.3 Å². The van der Waals surface area contributed by atoms with E-state index in [4.69, 9.17) is 19.4 Å². The second-order valence-corrected chi connectivity index (χ2v) is 8.84. The molecule has 1 heterocycles. The predicted molar refractivity (Wildman–Crippen MR) is 98.2 cm³/mol. The summed E-state index contributed by atoms with van der Waals surface area (Å²) in [7, 11) is -2.73. The molecule has 0 aliphatic carbocycles. The van der Waals surface area contributed by atoms with E-state index in [1.165, 1.54) is 36.9 Å². The smallest absolute Gasteiger partial charge is 0.244 e. The maximum atomic E-state index is 13.0. The summed E-state index contributed by atoms with van der Waals surface area (Å²) in [6, 6.07) is 5.36. The van der Waals surface area contributed by atoms with Gasteiger partial charge in [-0.1, -0.05) is 0 Å². The van der Waals surface area contributed by atoms with Gasteiger partial charge in [0.05, 0.1) is 30.5 Å². The molecule has 0 aromatic heterocycles. The maximum Gasteiger partial charge on any atom is 0.244 e. The van der Waals surface area contributed by atoms with Crippen LogP contribution in [0.3, 0.4) is 0 Å². The molecular formula is C17H25NO11S. The molecule has 12 nitrogen and oxygen atoms in total. The number of carbonyl (C=O) groups is 1. The van der Waals surface area contributed by atoms with E-state index in [1.807, 2.05) is 0 Å². The van der Waals surface area contributed by atoms with E-state index >= 15 is 0 Å². The minimum absolute atomic E-state index is 0.142. The summed E-state index contributed by atoms with van der Waals surface area (Å²) < 4.78 is 41.3. The number of aliphatic hydroxyl groups is 4. The number of hydroxylamine groups is 1. The first kappa shape index (κ1) is 24.4. The van der Waals surface area contributed by atoms with Crippen molar-refractivity contribution in [3.8, 4) is 5.75 Å². The molecule has 2 rings (SSSR count). The van der Waals surface area contributed by atoms with Crippen LogP contribution < -0.4 is 10.2 Å². The molecule has 1 aliphatic heterocycles. The Morgan fingerprint density at radius 2 is 1.80 bits per heavy atom. The van der Waals surface area contributed by atoms with Crippen molar-refractivity contribution in [1.82, 2.24) is 5.48 Å². The SMILES string of the molecule is COc1ccc(S(=O)(=O)C(COC2OC(CO)C(O)C(O)C2O)CC(=O)NO)cc1. The van der Waals surface area contributed by atoms with Crippen LogP contribution in [0, 0.1) is 0 Å². The molecule has 1 aromatic carbocycles. The van der Waals surface area contributed by atoms with Gasteiger partial charge in [0, 0.05) is 6.42 Å². The Morgan fingerprint density at radius 3 is 2.33 bits per heavy atom. The first-order valence-corrected chi connectivity index (χ1v) is 10.4. The molecule has 6 unspecified atom stereocenters. The lowest BCUT2D eigenvalue weighted by molar-refractivity contribution is -0.300. The Bertz CT molecular complexity index is 798. The number of ether oxygens (including phenoxy) is 3. The lowest BCUT2D eigenvalue weighted by Crippen LogP contribution is -2.59. The highest BCUT2D eigenvalue weighted by molar-refractivity contribution is 7.92. The molecule has 6 atom stereocenters. The molecule has 1 aromatic rings. The third-order valence-corrected chi connectivity index (χ3v) is 6.77. The minimum atomic E-state index is -4.14. The molecule has 6 N–H and O–H groups in total. The van der Waals surface area contributed by atoms with E-state index in [0.717, 1.165) is 0 Å². The summed E-state index contributed by atoms with van der Waals surface area (Å²) in [4.78, 5) is 11.5. The molecular weight excluding hydrogens is 426 g/mol. The van der Waals surface area contributed by atoms with Crippen LogP contribution in [0.1, 0.15) is 6.42 Å². The number of hydrogen-bond donors (Lipinski definition) is 6. The highest BCUT2D eigenvalue weighted by Crippen LogP contribution is 2.25. The predicted octanol–water partition coefficient (Wildman–Crippen LogP) is -2.45. The number of amides is 1. The largest absolute Gasteiger partial charge is 0.497 e. The summed E-state index contributed by atoms with van der Waals surface area (Å²) in [6.45, 7) is -1.35. The van der Waals surface area contributed by atoms with E-state index in [9.17, 15) is 33.6 Å². The second-order valence-electron chi connectivity index (χ2n) is 6.61. The average molecular weight is 451 g/mol. The minimum Gasteiger partial charge on any atom is -0.497 e. The summed E-state index contributed by atoms with van der Waals surface area (Å²) in [5.74, 6) is -0.578. The molecule has 0 radical (unpaired) electrons. The fraction of sp³-hybridized carbons (Fsp3) is 0.588. The summed E-state index contributed by atoms with van der Waals surface area (Å²) in [6.07, 6.45) is -8.56. The molecule has 1 fully saturated rings. The fourth-order valence-electron chi connectivity index (χ4n) is 2.88. The Balaban J connectivity index is 2.21. The quantitative estimate of drug-likeness (QED) is 0.172. The summed E-state index contributed by atoms with van der Waals surface area (Å²) in [5.41, 5.74) is 1.35. The van der Waals surface area contributed by atoms with Gasteiger partial charge in [-0.15, -0.1) is 0 Å². The van der Waals surface area contributed by atoms with Gasteiger partial charge in [-0.3, -0.25) is 10.0 Å². The molecule has 0 bridgehead atoms. The number of hydrogen-bond acceptors (Lipinski definition) is 11.